The third-order valence-electron chi connectivity index (χ3n) is 8.01. The maximum atomic E-state index is 11.4. The Kier molecular flexibility index (Phi) is 10.3. The number of fused-ring (bicyclic) bond motifs is 1. The number of nitrogens with one attached hydrogen (secondary N) is 1. The van der Waals surface area contributed by atoms with Crippen molar-refractivity contribution in [2.45, 2.75) is 39.0 Å². The van der Waals surface area contributed by atoms with Crippen molar-refractivity contribution in [1.82, 2.24) is 10.2 Å². The van der Waals surface area contributed by atoms with Crippen molar-refractivity contribution in [1.29, 1.82) is 0 Å². The van der Waals surface area contributed by atoms with E-state index in [0.29, 0.717) is 54.4 Å². The van der Waals surface area contributed by atoms with Crippen molar-refractivity contribution in [3.63, 3.8) is 0 Å². The predicted octanol–water partition coefficient (Wildman–Crippen LogP) is 4.92. The topological polar surface area (TPSA) is 110 Å². The Hall–Kier alpha value is -3.50. The fourth-order valence-electron chi connectivity index (χ4n) is 5.56. The third-order valence-corrected chi connectivity index (χ3v) is 8.31. The summed E-state index contributed by atoms with van der Waals surface area (Å²) in [6, 6.07) is 14.5. The molecule has 2 atom stereocenters. The van der Waals surface area contributed by atoms with Crippen LogP contribution in [0.15, 0.2) is 48.5 Å². The van der Waals surface area contributed by atoms with Gasteiger partial charge in [0, 0.05) is 30.6 Å². The van der Waals surface area contributed by atoms with Gasteiger partial charge in [0.2, 0.25) is 0 Å². The zero-order valence-electron chi connectivity index (χ0n) is 24.6. The number of hydrogen-bond donors (Lipinski definition) is 3. The molecule has 0 saturated carbocycles. The van der Waals surface area contributed by atoms with Crippen molar-refractivity contribution < 1.29 is 34.0 Å². The molecule has 0 aliphatic carbocycles. The lowest BCUT2D eigenvalue weighted by Crippen LogP contribution is -2.39. The van der Waals surface area contributed by atoms with E-state index in [9.17, 15) is 15.0 Å². The van der Waals surface area contributed by atoms with Gasteiger partial charge in [-0.15, -0.1) is 0 Å². The first-order valence-corrected chi connectivity index (χ1v) is 15.0. The highest BCUT2D eigenvalue weighted by Gasteiger charge is 2.21. The molecular formula is C33H39ClN2O7. The number of carboxylic acids is 1. The molecule has 5 rings (SSSR count). The highest BCUT2D eigenvalue weighted by atomic mass is 35.5. The molecule has 0 amide bonds. The Labute approximate surface area is 257 Å². The van der Waals surface area contributed by atoms with Crippen molar-refractivity contribution in [2.24, 2.45) is 5.92 Å². The maximum Gasteiger partial charge on any atom is 0.323 e. The minimum Gasteiger partial charge on any atom is -0.493 e. The smallest absolute Gasteiger partial charge is 0.323 e. The summed E-state index contributed by atoms with van der Waals surface area (Å²) in [6.45, 7) is 5.63. The van der Waals surface area contributed by atoms with Gasteiger partial charge in [0.15, 0.2) is 11.5 Å². The van der Waals surface area contributed by atoms with Crippen LogP contribution in [0.5, 0.6) is 23.0 Å². The summed E-state index contributed by atoms with van der Waals surface area (Å²) in [5.41, 5.74) is 4.89. The zero-order valence-corrected chi connectivity index (χ0v) is 25.4. The Morgan fingerprint density at radius 1 is 1.09 bits per heavy atom. The lowest BCUT2D eigenvalue weighted by molar-refractivity contribution is -0.140. The van der Waals surface area contributed by atoms with Gasteiger partial charge in [0.25, 0.3) is 0 Å². The molecule has 2 aliphatic heterocycles. The highest BCUT2D eigenvalue weighted by Crippen LogP contribution is 2.37. The number of hydrogen-bond acceptors (Lipinski definition) is 8. The maximum absolute atomic E-state index is 11.4. The van der Waals surface area contributed by atoms with Crippen molar-refractivity contribution in [3.05, 3.63) is 70.2 Å². The van der Waals surface area contributed by atoms with Gasteiger partial charge in [-0.3, -0.25) is 10.1 Å². The lowest BCUT2D eigenvalue weighted by atomic mass is 9.96. The van der Waals surface area contributed by atoms with Crippen LogP contribution in [0, 0.1) is 12.8 Å². The number of benzene rings is 3. The number of aliphatic hydroxyl groups is 1. The number of likely N-dealkylation sites (tertiary alicyclic amines) is 1. The fourth-order valence-corrected chi connectivity index (χ4v) is 5.80. The molecule has 1 unspecified atom stereocenters. The van der Waals surface area contributed by atoms with E-state index in [1.807, 2.05) is 30.3 Å². The van der Waals surface area contributed by atoms with Gasteiger partial charge in [-0.25, -0.2) is 0 Å². The number of halogens is 1. The van der Waals surface area contributed by atoms with Crippen LogP contribution in [-0.4, -0.2) is 73.7 Å². The second-order valence-electron chi connectivity index (χ2n) is 11.2. The molecule has 10 heteroatoms. The Balaban J connectivity index is 1.34. The second-order valence-corrected chi connectivity index (χ2v) is 11.6. The molecular weight excluding hydrogens is 572 g/mol. The lowest BCUT2D eigenvalue weighted by Gasteiger charge is -2.29. The largest absolute Gasteiger partial charge is 0.493 e. The Morgan fingerprint density at radius 2 is 1.91 bits per heavy atom. The summed E-state index contributed by atoms with van der Waals surface area (Å²) in [5.74, 6) is 1.80. The molecule has 1 fully saturated rings. The third kappa shape index (κ3) is 7.72. The van der Waals surface area contributed by atoms with Gasteiger partial charge < -0.3 is 34.1 Å². The molecule has 9 nitrogen and oxygen atoms in total. The van der Waals surface area contributed by atoms with Crippen LogP contribution in [0.25, 0.3) is 11.1 Å². The van der Waals surface area contributed by atoms with Crippen LogP contribution < -0.4 is 24.3 Å². The summed E-state index contributed by atoms with van der Waals surface area (Å²) in [5, 5.41) is 22.1. The summed E-state index contributed by atoms with van der Waals surface area (Å²) in [6.07, 6.45) is 2.20. The van der Waals surface area contributed by atoms with E-state index in [2.05, 4.69) is 30.3 Å². The number of carboxylic acid groups (broad SMARTS) is 1. The number of aliphatic hydroxyl groups excluding tert-OH is 1. The summed E-state index contributed by atoms with van der Waals surface area (Å²) in [7, 11) is 2.11. The number of carbonyl (C=O) groups is 1. The Bertz CT molecular complexity index is 1430. The normalized spacial score (nSPS) is 17.3. The van der Waals surface area contributed by atoms with Gasteiger partial charge in [-0.2, -0.15) is 0 Å². The number of aliphatic carboxylic acids is 1. The summed E-state index contributed by atoms with van der Waals surface area (Å²) >= 11 is 6.68. The molecule has 3 aromatic rings. The molecule has 3 N–H and O–H groups in total. The van der Waals surface area contributed by atoms with Gasteiger partial charge in [-0.1, -0.05) is 35.9 Å². The van der Waals surface area contributed by atoms with Crippen molar-refractivity contribution in [3.8, 4) is 34.1 Å². The number of piperidine rings is 1. The molecule has 0 spiro atoms. The van der Waals surface area contributed by atoms with Crippen molar-refractivity contribution in [2.75, 3.05) is 46.6 Å². The predicted molar refractivity (Wildman–Crippen MR) is 164 cm³/mol. The van der Waals surface area contributed by atoms with Gasteiger partial charge >= 0.3 is 5.97 Å². The van der Waals surface area contributed by atoms with Crippen LogP contribution in [0.1, 0.15) is 29.5 Å². The average Bonchev–Trinajstić information content (AvgIpc) is 3.00. The van der Waals surface area contributed by atoms with E-state index in [1.54, 1.807) is 12.1 Å². The quantitative estimate of drug-likeness (QED) is 0.263. The van der Waals surface area contributed by atoms with Crippen molar-refractivity contribution >= 4 is 17.6 Å². The van der Waals surface area contributed by atoms with E-state index in [1.165, 1.54) is 0 Å². The van der Waals surface area contributed by atoms with E-state index in [4.69, 9.17) is 30.5 Å². The minimum absolute atomic E-state index is 0.161. The van der Waals surface area contributed by atoms with Crippen LogP contribution in [0.4, 0.5) is 0 Å². The molecule has 230 valence electrons. The monoisotopic (exact) mass is 610 g/mol. The second kappa shape index (κ2) is 14.3. The molecule has 0 radical (unpaired) electrons. The highest BCUT2D eigenvalue weighted by molar-refractivity contribution is 6.32. The molecule has 2 aliphatic rings. The fraction of sp³-hybridized carbons (Fsp3) is 0.424. The van der Waals surface area contributed by atoms with Gasteiger partial charge in [0.05, 0.1) is 18.2 Å². The number of nitrogens with zero attached hydrogens (tertiary/aromatic N) is 1. The SMILES string of the molecule is Cc1c(COc2cc(OCC3CCCN(C)C3)c(CN[C@H](CO)C(=O)O)cc2Cl)cccc1-c1ccc2c(c1)OCCO2. The minimum atomic E-state index is -1.13. The molecule has 0 aromatic heterocycles. The molecule has 3 aromatic carbocycles. The van der Waals surface area contributed by atoms with Gasteiger partial charge in [-0.05, 0) is 73.8 Å². The van der Waals surface area contributed by atoms with Crippen LogP contribution >= 0.6 is 11.6 Å². The van der Waals surface area contributed by atoms with Crippen LogP contribution in [0.2, 0.25) is 5.02 Å². The number of rotatable bonds is 12. The first-order valence-electron chi connectivity index (χ1n) is 14.6. The summed E-state index contributed by atoms with van der Waals surface area (Å²) in [4.78, 5) is 13.7. The van der Waals surface area contributed by atoms with Gasteiger partial charge in [0.1, 0.15) is 37.4 Å². The first kappa shape index (κ1) is 30.9. The molecule has 0 bridgehead atoms. The zero-order chi connectivity index (χ0) is 30.3. The Morgan fingerprint density at radius 3 is 2.67 bits per heavy atom. The van der Waals surface area contributed by atoms with Crippen LogP contribution in [0.3, 0.4) is 0 Å². The molecule has 1 saturated heterocycles. The molecule has 2 heterocycles. The molecule has 43 heavy (non-hydrogen) atoms. The average molecular weight is 611 g/mol. The van der Waals surface area contributed by atoms with Crippen LogP contribution in [-0.2, 0) is 17.9 Å². The number of ether oxygens (including phenoxy) is 4. The van der Waals surface area contributed by atoms with E-state index < -0.39 is 18.6 Å². The standard InChI is InChI=1S/C33H39ClN2O7/c1-21-24(6-3-7-26(21)23-8-9-29-32(14-23)41-12-11-40-29)20-43-31-15-30(42-19-22-5-4-10-36(2)17-22)25(13-27(31)34)16-35-28(18-37)33(38)39/h3,6-9,13-15,22,28,35,37H,4-5,10-12,16-20H2,1-2H3,(H,38,39)/t22?,28-/m1/s1. The summed E-state index contributed by atoms with van der Waals surface area (Å²) < 4.78 is 24.0. The van der Waals surface area contributed by atoms with E-state index in [-0.39, 0.29) is 6.54 Å². The van der Waals surface area contributed by atoms with E-state index >= 15 is 0 Å². The van der Waals surface area contributed by atoms with E-state index in [0.717, 1.165) is 59.7 Å². The first-order chi connectivity index (χ1) is 20.8.